The van der Waals surface area contributed by atoms with Crippen molar-refractivity contribution in [1.82, 2.24) is 4.98 Å². The van der Waals surface area contributed by atoms with Crippen LogP contribution in [0.3, 0.4) is 0 Å². The summed E-state index contributed by atoms with van der Waals surface area (Å²) in [4.78, 5) is 4.53. The van der Waals surface area contributed by atoms with E-state index in [1.54, 1.807) is 6.07 Å². The number of aromatic nitrogens is 1. The minimum atomic E-state index is 0.250. The van der Waals surface area contributed by atoms with Crippen LogP contribution >= 0.6 is 23.2 Å². The van der Waals surface area contributed by atoms with Crippen molar-refractivity contribution in [2.24, 2.45) is 0 Å². The van der Waals surface area contributed by atoms with E-state index in [2.05, 4.69) is 35.3 Å². The summed E-state index contributed by atoms with van der Waals surface area (Å²) in [5.74, 6) is 0.618. The number of hydrogen-bond acceptors (Lipinski definition) is 3. The Bertz CT molecular complexity index is 1060. The highest BCUT2D eigenvalue weighted by Crippen LogP contribution is 2.43. The van der Waals surface area contributed by atoms with Gasteiger partial charge in [0.15, 0.2) is 0 Å². The van der Waals surface area contributed by atoms with E-state index in [4.69, 9.17) is 28.9 Å². The maximum Gasteiger partial charge on any atom is 0.142 e. The van der Waals surface area contributed by atoms with Crippen molar-refractivity contribution >= 4 is 29.0 Å². The molecule has 2 N–H and O–H groups in total. The third-order valence-corrected chi connectivity index (χ3v) is 6.01. The highest BCUT2D eigenvalue weighted by molar-refractivity contribution is 6.43. The fourth-order valence-electron chi connectivity index (χ4n) is 3.90. The molecule has 4 rings (SSSR count). The van der Waals surface area contributed by atoms with E-state index in [0.717, 1.165) is 41.6 Å². The summed E-state index contributed by atoms with van der Waals surface area (Å²) in [7, 11) is 0. The van der Waals surface area contributed by atoms with Gasteiger partial charge in [-0.1, -0.05) is 65.7 Å². The van der Waals surface area contributed by atoms with Crippen molar-refractivity contribution < 1.29 is 0 Å². The number of benzene rings is 2. The fourth-order valence-corrected chi connectivity index (χ4v) is 4.29. The van der Waals surface area contributed by atoms with Gasteiger partial charge in [-0.3, -0.25) is 0 Å². The molecular weight excluding hydrogens is 377 g/mol. The minimum Gasteiger partial charge on any atom is -0.383 e. The molecule has 1 aliphatic rings. The summed E-state index contributed by atoms with van der Waals surface area (Å²) in [6.07, 6.45) is 2.60. The monoisotopic (exact) mass is 393 g/mol. The molecule has 0 amide bonds. The molecular formula is C22H17Cl2N3. The number of nitrogens with zero attached hydrogens (tertiary/aromatic N) is 2. The average molecular weight is 394 g/mol. The molecule has 1 atom stereocenters. The topological polar surface area (TPSA) is 62.7 Å². The molecule has 27 heavy (non-hydrogen) atoms. The Hall–Kier alpha value is -2.54. The first-order valence-electron chi connectivity index (χ1n) is 8.80. The normalized spacial score (nSPS) is 15.8. The Labute approximate surface area is 168 Å². The largest absolute Gasteiger partial charge is 0.383 e. The Morgan fingerprint density at radius 2 is 1.85 bits per heavy atom. The number of fused-ring (bicyclic) bond motifs is 1. The van der Waals surface area contributed by atoms with E-state index in [0.29, 0.717) is 21.5 Å². The lowest BCUT2D eigenvalue weighted by Gasteiger charge is -2.28. The second-order valence-electron chi connectivity index (χ2n) is 6.74. The molecule has 1 aliphatic carbocycles. The van der Waals surface area contributed by atoms with Crippen molar-refractivity contribution in [3.05, 3.63) is 81.0 Å². The number of pyridine rings is 1. The Kier molecular flexibility index (Phi) is 4.78. The van der Waals surface area contributed by atoms with Crippen LogP contribution in [0.1, 0.15) is 34.7 Å². The van der Waals surface area contributed by atoms with Crippen molar-refractivity contribution in [1.29, 1.82) is 5.26 Å². The summed E-state index contributed by atoms with van der Waals surface area (Å²) in [6.45, 7) is 0. The van der Waals surface area contributed by atoms with Crippen molar-refractivity contribution in [3.8, 4) is 17.2 Å². The number of halogens is 2. The fraction of sp³-hybridized carbons (Fsp3) is 0.182. The van der Waals surface area contributed by atoms with Gasteiger partial charge in [0, 0.05) is 16.8 Å². The molecule has 134 valence electrons. The molecule has 0 fully saturated rings. The van der Waals surface area contributed by atoms with Gasteiger partial charge in [-0.2, -0.15) is 5.26 Å². The SMILES string of the molecule is N#Cc1c(N)nc2c(c1-c1cccc(Cl)c1Cl)CC(c1ccccc1)CC2. The molecule has 0 saturated carbocycles. The lowest BCUT2D eigenvalue weighted by atomic mass is 9.78. The number of nitriles is 1. The Balaban J connectivity index is 1.93. The van der Waals surface area contributed by atoms with Gasteiger partial charge in [0.2, 0.25) is 0 Å². The standard InChI is InChI=1S/C22H17Cl2N3/c23-18-8-4-7-15(21(18)24)20-16-11-14(13-5-2-1-3-6-13)9-10-19(16)27-22(26)17(20)12-25/h1-8,14H,9-11H2,(H2,26,27). The highest BCUT2D eigenvalue weighted by Gasteiger charge is 2.28. The smallest absolute Gasteiger partial charge is 0.142 e. The van der Waals surface area contributed by atoms with Gasteiger partial charge >= 0.3 is 0 Å². The van der Waals surface area contributed by atoms with E-state index in [1.807, 2.05) is 18.2 Å². The molecule has 2 aromatic carbocycles. The molecule has 0 saturated heterocycles. The lowest BCUT2D eigenvalue weighted by Crippen LogP contribution is -2.17. The second-order valence-corrected chi connectivity index (χ2v) is 7.52. The van der Waals surface area contributed by atoms with Crippen molar-refractivity contribution in [3.63, 3.8) is 0 Å². The summed E-state index contributed by atoms with van der Waals surface area (Å²) < 4.78 is 0. The van der Waals surface area contributed by atoms with Crippen LogP contribution in [0.5, 0.6) is 0 Å². The summed E-state index contributed by atoms with van der Waals surface area (Å²) in [5, 5.41) is 10.7. The quantitative estimate of drug-likeness (QED) is 0.599. The van der Waals surface area contributed by atoms with Crippen LogP contribution in [0.4, 0.5) is 5.82 Å². The van der Waals surface area contributed by atoms with Crippen LogP contribution in [0.25, 0.3) is 11.1 Å². The summed E-state index contributed by atoms with van der Waals surface area (Å²) >= 11 is 12.7. The maximum absolute atomic E-state index is 9.76. The third kappa shape index (κ3) is 3.16. The molecule has 3 aromatic rings. The Morgan fingerprint density at radius 1 is 1.07 bits per heavy atom. The predicted octanol–water partition coefficient (Wildman–Crippen LogP) is 5.78. The number of hydrogen-bond donors (Lipinski definition) is 1. The zero-order chi connectivity index (χ0) is 19.0. The molecule has 0 aliphatic heterocycles. The van der Waals surface area contributed by atoms with Crippen molar-refractivity contribution in [2.45, 2.75) is 25.2 Å². The molecule has 1 heterocycles. The van der Waals surface area contributed by atoms with Gasteiger partial charge in [0.25, 0.3) is 0 Å². The summed E-state index contributed by atoms with van der Waals surface area (Å²) in [5.41, 5.74) is 11.3. The van der Waals surface area contributed by atoms with Gasteiger partial charge in [-0.25, -0.2) is 4.98 Å². The molecule has 0 radical (unpaired) electrons. The number of aryl methyl sites for hydroxylation is 1. The summed E-state index contributed by atoms with van der Waals surface area (Å²) in [6, 6.07) is 18.1. The predicted molar refractivity (Wildman–Crippen MR) is 110 cm³/mol. The first-order valence-corrected chi connectivity index (χ1v) is 9.56. The van der Waals surface area contributed by atoms with E-state index < -0.39 is 0 Å². The molecule has 5 heteroatoms. The van der Waals surface area contributed by atoms with Crippen LogP contribution in [0.2, 0.25) is 10.0 Å². The number of rotatable bonds is 2. The molecule has 1 aromatic heterocycles. The van der Waals surface area contributed by atoms with Crippen LogP contribution < -0.4 is 5.73 Å². The zero-order valence-electron chi connectivity index (χ0n) is 14.5. The van der Waals surface area contributed by atoms with E-state index >= 15 is 0 Å². The Morgan fingerprint density at radius 3 is 2.59 bits per heavy atom. The van der Waals surface area contributed by atoms with Gasteiger partial charge in [0.05, 0.1) is 10.0 Å². The van der Waals surface area contributed by atoms with Gasteiger partial charge in [0.1, 0.15) is 17.5 Å². The highest BCUT2D eigenvalue weighted by atomic mass is 35.5. The second kappa shape index (κ2) is 7.23. The number of nitrogens with two attached hydrogens (primary N) is 1. The molecule has 3 nitrogen and oxygen atoms in total. The molecule has 0 bridgehead atoms. The van der Waals surface area contributed by atoms with Crippen molar-refractivity contribution in [2.75, 3.05) is 5.73 Å². The van der Waals surface area contributed by atoms with Crippen LogP contribution in [0, 0.1) is 11.3 Å². The van der Waals surface area contributed by atoms with Gasteiger partial charge in [-0.05, 0) is 42.4 Å². The van der Waals surface area contributed by atoms with Gasteiger partial charge in [-0.15, -0.1) is 0 Å². The molecule has 0 spiro atoms. The first kappa shape index (κ1) is 17.9. The van der Waals surface area contributed by atoms with E-state index in [-0.39, 0.29) is 5.82 Å². The average Bonchev–Trinajstić information content (AvgIpc) is 2.69. The van der Waals surface area contributed by atoms with E-state index in [1.165, 1.54) is 5.56 Å². The van der Waals surface area contributed by atoms with Gasteiger partial charge < -0.3 is 5.73 Å². The minimum absolute atomic E-state index is 0.250. The first-order chi connectivity index (χ1) is 13.1. The van der Waals surface area contributed by atoms with Crippen LogP contribution in [-0.2, 0) is 12.8 Å². The lowest BCUT2D eigenvalue weighted by molar-refractivity contribution is 0.576. The number of anilines is 1. The molecule has 1 unspecified atom stereocenters. The zero-order valence-corrected chi connectivity index (χ0v) is 16.1. The van der Waals surface area contributed by atoms with Crippen LogP contribution in [-0.4, -0.2) is 4.98 Å². The van der Waals surface area contributed by atoms with Crippen LogP contribution in [0.15, 0.2) is 48.5 Å². The van der Waals surface area contributed by atoms with E-state index in [9.17, 15) is 5.26 Å². The number of nitrogen functional groups attached to an aromatic ring is 1. The maximum atomic E-state index is 9.76. The third-order valence-electron chi connectivity index (χ3n) is 5.20.